The second-order valence-electron chi connectivity index (χ2n) is 6.08. The first-order chi connectivity index (χ1) is 13.7. The molecular formula is C22H18N2O4. The Kier molecular flexibility index (Phi) is 4.68. The number of carbonyl (C=O) groups is 1. The molecule has 4 aromatic rings. The topological polar surface area (TPSA) is 73.6 Å². The summed E-state index contributed by atoms with van der Waals surface area (Å²) in [5.41, 5.74) is 3.21. The number of fused-ring (bicyclic) bond motifs is 1. The Morgan fingerprint density at radius 2 is 1.75 bits per heavy atom. The first kappa shape index (κ1) is 17.6. The smallest absolute Gasteiger partial charge is 0.259 e. The maximum absolute atomic E-state index is 12.6. The van der Waals surface area contributed by atoms with Crippen molar-refractivity contribution in [2.45, 2.75) is 0 Å². The van der Waals surface area contributed by atoms with Gasteiger partial charge in [-0.25, -0.2) is 4.98 Å². The Hall–Kier alpha value is -3.80. The van der Waals surface area contributed by atoms with Gasteiger partial charge in [0, 0.05) is 17.3 Å². The van der Waals surface area contributed by atoms with Crippen molar-refractivity contribution < 1.29 is 18.7 Å². The minimum Gasteiger partial charge on any atom is -0.497 e. The molecule has 0 bridgehead atoms. The van der Waals surface area contributed by atoms with Crippen LogP contribution in [-0.2, 0) is 0 Å². The summed E-state index contributed by atoms with van der Waals surface area (Å²) in [5.74, 6) is 1.53. The van der Waals surface area contributed by atoms with Crippen molar-refractivity contribution in [2.75, 3.05) is 19.5 Å². The van der Waals surface area contributed by atoms with Gasteiger partial charge in [-0.2, -0.15) is 0 Å². The van der Waals surface area contributed by atoms with Gasteiger partial charge in [0.2, 0.25) is 5.89 Å². The number of amides is 1. The van der Waals surface area contributed by atoms with Crippen molar-refractivity contribution in [3.63, 3.8) is 0 Å². The van der Waals surface area contributed by atoms with Crippen molar-refractivity contribution in [3.05, 3.63) is 72.3 Å². The number of anilines is 1. The number of ether oxygens (including phenoxy) is 2. The second-order valence-corrected chi connectivity index (χ2v) is 6.08. The summed E-state index contributed by atoms with van der Waals surface area (Å²) in [7, 11) is 3.16. The summed E-state index contributed by atoms with van der Waals surface area (Å²) in [4.78, 5) is 17.1. The quantitative estimate of drug-likeness (QED) is 0.545. The van der Waals surface area contributed by atoms with E-state index in [4.69, 9.17) is 13.9 Å². The van der Waals surface area contributed by atoms with Crippen LogP contribution < -0.4 is 14.8 Å². The molecule has 0 unspecified atom stereocenters. The highest BCUT2D eigenvalue weighted by Crippen LogP contribution is 2.28. The van der Waals surface area contributed by atoms with Crippen LogP contribution in [0.4, 0.5) is 5.69 Å². The third-order valence-electron chi connectivity index (χ3n) is 4.33. The average Bonchev–Trinajstić information content (AvgIpc) is 3.17. The summed E-state index contributed by atoms with van der Waals surface area (Å²) in [6.45, 7) is 0. The number of aromatic nitrogens is 1. The Morgan fingerprint density at radius 1 is 0.964 bits per heavy atom. The molecule has 0 radical (unpaired) electrons. The van der Waals surface area contributed by atoms with Gasteiger partial charge < -0.3 is 19.2 Å². The summed E-state index contributed by atoms with van der Waals surface area (Å²) >= 11 is 0. The number of rotatable bonds is 5. The zero-order valence-electron chi connectivity index (χ0n) is 15.4. The lowest BCUT2D eigenvalue weighted by atomic mass is 10.2. The summed E-state index contributed by atoms with van der Waals surface area (Å²) in [6, 6.07) is 19.9. The van der Waals surface area contributed by atoms with Gasteiger partial charge >= 0.3 is 0 Å². The molecule has 4 rings (SSSR count). The third kappa shape index (κ3) is 3.40. The largest absolute Gasteiger partial charge is 0.497 e. The van der Waals surface area contributed by atoms with E-state index in [0.29, 0.717) is 34.0 Å². The molecule has 0 aliphatic heterocycles. The third-order valence-corrected chi connectivity index (χ3v) is 4.33. The SMILES string of the molecule is COc1ccc(-c2nc3ccc(NC(=O)c4ccccc4OC)cc3o2)cc1. The first-order valence-corrected chi connectivity index (χ1v) is 8.67. The number of nitrogens with one attached hydrogen (secondary N) is 1. The lowest BCUT2D eigenvalue weighted by Gasteiger charge is -2.08. The minimum absolute atomic E-state index is 0.258. The number of oxazole rings is 1. The van der Waals surface area contributed by atoms with E-state index < -0.39 is 0 Å². The van der Waals surface area contributed by atoms with E-state index in [1.165, 1.54) is 7.11 Å². The lowest BCUT2D eigenvalue weighted by molar-refractivity contribution is 0.102. The van der Waals surface area contributed by atoms with Crippen LogP contribution in [0.3, 0.4) is 0 Å². The molecule has 0 aliphatic rings. The van der Waals surface area contributed by atoms with Gasteiger partial charge in [-0.15, -0.1) is 0 Å². The van der Waals surface area contributed by atoms with Crippen LogP contribution in [-0.4, -0.2) is 25.1 Å². The van der Waals surface area contributed by atoms with Gasteiger partial charge in [0.1, 0.15) is 17.0 Å². The van der Waals surface area contributed by atoms with Crippen molar-refractivity contribution in [1.29, 1.82) is 0 Å². The number of nitrogens with zero attached hydrogens (tertiary/aromatic N) is 1. The highest BCUT2D eigenvalue weighted by Gasteiger charge is 2.13. The molecule has 1 amide bonds. The number of carbonyl (C=O) groups excluding carboxylic acids is 1. The van der Waals surface area contributed by atoms with Crippen molar-refractivity contribution >= 4 is 22.7 Å². The maximum Gasteiger partial charge on any atom is 0.259 e. The number of hydrogen-bond donors (Lipinski definition) is 1. The van der Waals surface area contributed by atoms with E-state index in [-0.39, 0.29) is 5.91 Å². The zero-order valence-corrected chi connectivity index (χ0v) is 15.4. The molecule has 1 N–H and O–H groups in total. The van der Waals surface area contributed by atoms with Crippen LogP contribution in [0.5, 0.6) is 11.5 Å². The number of para-hydroxylation sites is 1. The van der Waals surface area contributed by atoms with Gasteiger partial charge in [-0.1, -0.05) is 12.1 Å². The van der Waals surface area contributed by atoms with Crippen LogP contribution >= 0.6 is 0 Å². The van der Waals surface area contributed by atoms with Crippen LogP contribution in [0.1, 0.15) is 10.4 Å². The standard InChI is InChI=1S/C22H18N2O4/c1-26-16-10-7-14(8-11-16)22-24-18-12-9-15(13-20(18)28-22)23-21(25)17-5-3-4-6-19(17)27-2/h3-13H,1-2H3,(H,23,25). The van der Waals surface area contributed by atoms with Gasteiger partial charge in [0.25, 0.3) is 5.91 Å². The van der Waals surface area contributed by atoms with Crippen molar-refractivity contribution in [1.82, 2.24) is 4.98 Å². The van der Waals surface area contributed by atoms with Crippen molar-refractivity contribution in [3.8, 4) is 23.0 Å². The highest BCUT2D eigenvalue weighted by molar-refractivity contribution is 6.06. The van der Waals surface area contributed by atoms with E-state index >= 15 is 0 Å². The fraction of sp³-hybridized carbons (Fsp3) is 0.0909. The Morgan fingerprint density at radius 3 is 2.50 bits per heavy atom. The number of methoxy groups -OCH3 is 2. The minimum atomic E-state index is -0.258. The van der Waals surface area contributed by atoms with Crippen molar-refractivity contribution in [2.24, 2.45) is 0 Å². The molecule has 1 heterocycles. The predicted octanol–water partition coefficient (Wildman–Crippen LogP) is 4.76. The van der Waals surface area contributed by atoms with E-state index in [1.807, 2.05) is 36.4 Å². The average molecular weight is 374 g/mol. The molecule has 28 heavy (non-hydrogen) atoms. The molecule has 1 aromatic heterocycles. The molecule has 0 fully saturated rings. The second kappa shape index (κ2) is 7.44. The molecule has 6 heteroatoms. The number of benzene rings is 3. The van der Waals surface area contributed by atoms with E-state index in [0.717, 1.165) is 11.3 Å². The summed E-state index contributed by atoms with van der Waals surface area (Å²) in [6.07, 6.45) is 0. The highest BCUT2D eigenvalue weighted by atomic mass is 16.5. The van der Waals surface area contributed by atoms with Crippen LogP contribution in [0.25, 0.3) is 22.6 Å². The molecule has 0 aliphatic carbocycles. The van der Waals surface area contributed by atoms with E-state index in [9.17, 15) is 4.79 Å². The predicted molar refractivity (Wildman–Crippen MR) is 107 cm³/mol. The van der Waals surface area contributed by atoms with E-state index in [1.54, 1.807) is 37.4 Å². The summed E-state index contributed by atoms with van der Waals surface area (Å²) in [5, 5.41) is 2.87. The van der Waals surface area contributed by atoms with Gasteiger partial charge in [-0.05, 0) is 48.5 Å². The Balaban J connectivity index is 1.60. The van der Waals surface area contributed by atoms with Crippen LogP contribution in [0, 0.1) is 0 Å². The zero-order chi connectivity index (χ0) is 19.5. The molecule has 6 nitrogen and oxygen atoms in total. The molecule has 3 aromatic carbocycles. The van der Waals surface area contributed by atoms with E-state index in [2.05, 4.69) is 10.3 Å². The van der Waals surface area contributed by atoms with Crippen LogP contribution in [0.2, 0.25) is 0 Å². The Bertz CT molecular complexity index is 1130. The Labute approximate surface area is 161 Å². The lowest BCUT2D eigenvalue weighted by Crippen LogP contribution is -2.12. The fourth-order valence-corrected chi connectivity index (χ4v) is 2.89. The van der Waals surface area contributed by atoms with Gasteiger partial charge in [0.05, 0.1) is 19.8 Å². The monoisotopic (exact) mass is 374 g/mol. The molecule has 0 saturated carbocycles. The maximum atomic E-state index is 12.6. The number of hydrogen-bond acceptors (Lipinski definition) is 5. The molecule has 0 atom stereocenters. The summed E-state index contributed by atoms with van der Waals surface area (Å²) < 4.78 is 16.3. The van der Waals surface area contributed by atoms with Gasteiger partial charge in [-0.3, -0.25) is 4.79 Å². The first-order valence-electron chi connectivity index (χ1n) is 8.67. The van der Waals surface area contributed by atoms with Gasteiger partial charge in [0.15, 0.2) is 5.58 Å². The molecule has 0 saturated heterocycles. The normalized spacial score (nSPS) is 10.6. The molecule has 140 valence electrons. The fourth-order valence-electron chi connectivity index (χ4n) is 2.89. The van der Waals surface area contributed by atoms with Crippen LogP contribution in [0.15, 0.2) is 71.1 Å². The molecule has 0 spiro atoms. The molecular weight excluding hydrogens is 356 g/mol.